The van der Waals surface area contributed by atoms with Crippen LogP contribution in [0.4, 0.5) is 0 Å². The first-order valence-electron chi connectivity index (χ1n) is 6.11. The standard InChI is InChI=1S/C14H18N2O2S/c1-17-10-12(18-2)9-16-13(8-15-14(16)19)11-6-4-3-5-7-11/h3-8,12H,9-10H2,1-2H3,(H,15,19). The Labute approximate surface area is 118 Å². The fraction of sp³-hybridized carbons (Fsp3) is 0.357. The van der Waals surface area contributed by atoms with E-state index in [2.05, 4.69) is 17.1 Å². The summed E-state index contributed by atoms with van der Waals surface area (Å²) in [6, 6.07) is 10.1. The zero-order valence-electron chi connectivity index (χ0n) is 11.1. The van der Waals surface area contributed by atoms with Crippen LogP contribution in [0.1, 0.15) is 0 Å². The smallest absolute Gasteiger partial charge is 0.177 e. The quantitative estimate of drug-likeness (QED) is 0.826. The van der Waals surface area contributed by atoms with Gasteiger partial charge in [0.05, 0.1) is 24.9 Å². The number of H-pyrrole nitrogens is 1. The monoisotopic (exact) mass is 278 g/mol. The van der Waals surface area contributed by atoms with Crippen molar-refractivity contribution in [1.29, 1.82) is 0 Å². The van der Waals surface area contributed by atoms with Crippen LogP contribution in [0.2, 0.25) is 0 Å². The molecule has 1 aromatic carbocycles. The Morgan fingerprint density at radius 3 is 2.63 bits per heavy atom. The van der Waals surface area contributed by atoms with Crippen LogP contribution in [0.5, 0.6) is 0 Å². The molecule has 0 amide bonds. The average Bonchev–Trinajstić information content (AvgIpc) is 2.80. The molecule has 0 aliphatic carbocycles. The molecule has 102 valence electrons. The highest BCUT2D eigenvalue weighted by molar-refractivity contribution is 7.71. The predicted octanol–water partition coefficient (Wildman–Crippen LogP) is 2.87. The van der Waals surface area contributed by atoms with E-state index >= 15 is 0 Å². The van der Waals surface area contributed by atoms with Gasteiger partial charge in [0.2, 0.25) is 0 Å². The molecule has 1 unspecified atom stereocenters. The molecule has 1 heterocycles. The predicted molar refractivity (Wildman–Crippen MR) is 77.7 cm³/mol. The minimum absolute atomic E-state index is 0.0186. The molecule has 1 N–H and O–H groups in total. The first kappa shape index (κ1) is 14.0. The molecule has 0 saturated carbocycles. The Balaban J connectivity index is 2.30. The highest BCUT2D eigenvalue weighted by Gasteiger charge is 2.12. The van der Waals surface area contributed by atoms with E-state index in [0.29, 0.717) is 17.9 Å². The van der Waals surface area contributed by atoms with Gasteiger partial charge in [-0.05, 0) is 17.8 Å². The number of nitrogens with zero attached hydrogens (tertiary/aromatic N) is 1. The number of methoxy groups -OCH3 is 2. The minimum Gasteiger partial charge on any atom is -0.382 e. The van der Waals surface area contributed by atoms with Crippen LogP contribution in [0, 0.1) is 4.77 Å². The van der Waals surface area contributed by atoms with Gasteiger partial charge < -0.3 is 19.0 Å². The van der Waals surface area contributed by atoms with Crippen LogP contribution in [0.25, 0.3) is 11.3 Å². The molecule has 0 aliphatic heterocycles. The SMILES string of the molecule is COCC(Cn1c(-c2ccccc2)c[nH]c1=S)OC. The van der Waals surface area contributed by atoms with Crippen molar-refractivity contribution in [3.63, 3.8) is 0 Å². The maximum Gasteiger partial charge on any atom is 0.177 e. The van der Waals surface area contributed by atoms with E-state index < -0.39 is 0 Å². The van der Waals surface area contributed by atoms with Crippen molar-refractivity contribution in [3.8, 4) is 11.3 Å². The number of rotatable bonds is 6. The fourth-order valence-electron chi connectivity index (χ4n) is 2.01. The number of hydrogen-bond donors (Lipinski definition) is 1. The van der Waals surface area contributed by atoms with Crippen LogP contribution >= 0.6 is 12.2 Å². The van der Waals surface area contributed by atoms with E-state index in [1.807, 2.05) is 29.0 Å². The normalized spacial score (nSPS) is 12.5. The van der Waals surface area contributed by atoms with Gasteiger partial charge in [0.15, 0.2) is 4.77 Å². The maximum atomic E-state index is 5.40. The van der Waals surface area contributed by atoms with Gasteiger partial charge >= 0.3 is 0 Å². The third kappa shape index (κ3) is 3.32. The summed E-state index contributed by atoms with van der Waals surface area (Å²) >= 11 is 5.33. The summed E-state index contributed by atoms with van der Waals surface area (Å²) in [7, 11) is 3.35. The molecule has 1 atom stereocenters. The minimum atomic E-state index is -0.0186. The Kier molecular flexibility index (Phi) is 4.90. The summed E-state index contributed by atoms with van der Waals surface area (Å²) in [4.78, 5) is 3.09. The first-order chi connectivity index (χ1) is 9.26. The molecule has 0 fully saturated rings. The van der Waals surface area contributed by atoms with Crippen molar-refractivity contribution < 1.29 is 9.47 Å². The largest absolute Gasteiger partial charge is 0.382 e. The lowest BCUT2D eigenvalue weighted by molar-refractivity contribution is 0.0184. The molecule has 2 rings (SSSR count). The summed E-state index contributed by atoms with van der Waals surface area (Å²) in [6.45, 7) is 1.20. The summed E-state index contributed by atoms with van der Waals surface area (Å²) < 4.78 is 13.3. The molecule has 4 nitrogen and oxygen atoms in total. The van der Waals surface area contributed by atoms with Gasteiger partial charge in [-0.3, -0.25) is 0 Å². The van der Waals surface area contributed by atoms with Gasteiger partial charge in [0.25, 0.3) is 0 Å². The topological polar surface area (TPSA) is 39.2 Å². The van der Waals surface area contributed by atoms with E-state index in [0.717, 1.165) is 11.3 Å². The molecule has 0 aliphatic rings. The third-order valence-electron chi connectivity index (χ3n) is 3.01. The Bertz CT molecular complexity index is 562. The zero-order chi connectivity index (χ0) is 13.7. The van der Waals surface area contributed by atoms with Crippen molar-refractivity contribution >= 4 is 12.2 Å². The summed E-state index contributed by atoms with van der Waals surface area (Å²) in [5.41, 5.74) is 2.19. The van der Waals surface area contributed by atoms with Crippen LogP contribution in [0.15, 0.2) is 36.5 Å². The van der Waals surface area contributed by atoms with Crippen LogP contribution in [-0.2, 0) is 16.0 Å². The lowest BCUT2D eigenvalue weighted by Gasteiger charge is -2.16. The number of nitrogens with one attached hydrogen (secondary N) is 1. The second kappa shape index (κ2) is 6.65. The third-order valence-corrected chi connectivity index (χ3v) is 3.35. The highest BCUT2D eigenvalue weighted by atomic mass is 32.1. The molecule has 1 aromatic heterocycles. The lowest BCUT2D eigenvalue weighted by atomic mass is 10.1. The molecule has 5 heteroatoms. The van der Waals surface area contributed by atoms with Crippen LogP contribution in [-0.4, -0.2) is 36.5 Å². The van der Waals surface area contributed by atoms with Gasteiger partial charge in [-0.15, -0.1) is 0 Å². The molecule has 0 radical (unpaired) electrons. The van der Waals surface area contributed by atoms with Gasteiger partial charge in [0.1, 0.15) is 0 Å². The summed E-state index contributed by atoms with van der Waals surface area (Å²) in [5.74, 6) is 0. The molecule has 19 heavy (non-hydrogen) atoms. The molecule has 0 spiro atoms. The number of imidazole rings is 1. The molecular weight excluding hydrogens is 260 g/mol. The number of hydrogen-bond acceptors (Lipinski definition) is 3. The number of aromatic amines is 1. The van der Waals surface area contributed by atoms with Gasteiger partial charge in [-0.1, -0.05) is 30.3 Å². The lowest BCUT2D eigenvalue weighted by Crippen LogP contribution is -2.24. The second-order valence-electron chi connectivity index (χ2n) is 4.27. The van der Waals surface area contributed by atoms with Gasteiger partial charge in [0, 0.05) is 20.4 Å². The van der Waals surface area contributed by atoms with Crippen LogP contribution in [0.3, 0.4) is 0 Å². The Hall–Kier alpha value is -1.43. The maximum absolute atomic E-state index is 5.40. The fourth-order valence-corrected chi connectivity index (χ4v) is 2.24. The Morgan fingerprint density at radius 1 is 1.26 bits per heavy atom. The average molecular weight is 278 g/mol. The van der Waals surface area contributed by atoms with E-state index in [-0.39, 0.29) is 6.10 Å². The Morgan fingerprint density at radius 2 is 2.00 bits per heavy atom. The van der Waals surface area contributed by atoms with Crippen molar-refractivity contribution in [3.05, 3.63) is 41.3 Å². The first-order valence-corrected chi connectivity index (χ1v) is 6.52. The second-order valence-corrected chi connectivity index (χ2v) is 4.66. The highest BCUT2D eigenvalue weighted by Crippen LogP contribution is 2.19. The number of aromatic nitrogens is 2. The molecule has 0 saturated heterocycles. The van der Waals surface area contributed by atoms with E-state index in [9.17, 15) is 0 Å². The molecule has 0 bridgehead atoms. The summed E-state index contributed by atoms with van der Waals surface area (Å²) in [5, 5.41) is 0. The molecular formula is C14H18N2O2S. The van der Waals surface area contributed by atoms with Crippen molar-refractivity contribution in [2.45, 2.75) is 12.6 Å². The number of benzene rings is 1. The zero-order valence-corrected chi connectivity index (χ0v) is 11.9. The van der Waals surface area contributed by atoms with E-state index in [1.165, 1.54) is 0 Å². The van der Waals surface area contributed by atoms with Crippen LogP contribution < -0.4 is 0 Å². The number of ether oxygens (including phenoxy) is 2. The van der Waals surface area contributed by atoms with E-state index in [4.69, 9.17) is 21.7 Å². The summed E-state index contributed by atoms with van der Waals surface area (Å²) in [6.07, 6.45) is 1.91. The van der Waals surface area contributed by atoms with Crippen molar-refractivity contribution in [2.24, 2.45) is 0 Å². The van der Waals surface area contributed by atoms with Gasteiger partial charge in [-0.2, -0.15) is 0 Å². The van der Waals surface area contributed by atoms with E-state index in [1.54, 1.807) is 14.2 Å². The van der Waals surface area contributed by atoms with Gasteiger partial charge in [-0.25, -0.2) is 0 Å². The molecule has 2 aromatic rings. The van der Waals surface area contributed by atoms with Crippen molar-refractivity contribution in [2.75, 3.05) is 20.8 Å². The van der Waals surface area contributed by atoms with Crippen molar-refractivity contribution in [1.82, 2.24) is 9.55 Å².